The lowest BCUT2D eigenvalue weighted by Gasteiger charge is -2.09. The van der Waals surface area contributed by atoms with Crippen LogP contribution in [-0.4, -0.2) is 25.0 Å². The Morgan fingerprint density at radius 2 is 2.16 bits per heavy atom. The molecule has 0 heterocycles. The van der Waals surface area contributed by atoms with Crippen molar-refractivity contribution in [2.24, 2.45) is 0 Å². The first kappa shape index (κ1) is 15.2. The van der Waals surface area contributed by atoms with Crippen LogP contribution in [0, 0.1) is 6.92 Å². The fourth-order valence-electron chi connectivity index (χ4n) is 1.32. The number of allylic oxidation sites excluding steroid dienone is 1. The van der Waals surface area contributed by atoms with E-state index in [0.29, 0.717) is 10.7 Å². The monoisotopic (exact) mass is 284 g/mol. The number of halogens is 2. The molecule has 0 atom stereocenters. The Balaban J connectivity index is 2.50. The van der Waals surface area contributed by atoms with E-state index >= 15 is 0 Å². The summed E-state index contributed by atoms with van der Waals surface area (Å²) in [5.74, 6) is -0.900. The molecule has 0 aliphatic heterocycles. The summed E-state index contributed by atoms with van der Waals surface area (Å²) < 4.78 is 11.8. The van der Waals surface area contributed by atoms with E-state index in [2.05, 4.69) is 10.6 Å². The summed E-state index contributed by atoms with van der Waals surface area (Å²) in [6.07, 6.45) is 2.10. The largest absolute Gasteiger partial charge is 0.343 e. The van der Waals surface area contributed by atoms with Gasteiger partial charge in [0.25, 0.3) is 0 Å². The number of hydrogen-bond donors (Lipinski definition) is 2. The number of anilines is 1. The molecule has 19 heavy (non-hydrogen) atoms. The molecule has 2 amide bonds. The lowest BCUT2D eigenvalue weighted by Crippen LogP contribution is -2.31. The highest BCUT2D eigenvalue weighted by molar-refractivity contribution is 6.31. The van der Waals surface area contributed by atoms with Crippen molar-refractivity contribution in [1.82, 2.24) is 5.32 Å². The maximum Gasteiger partial charge on any atom is 0.244 e. The van der Waals surface area contributed by atoms with Crippen LogP contribution in [0.3, 0.4) is 0 Å². The van der Waals surface area contributed by atoms with Gasteiger partial charge in [-0.2, -0.15) is 0 Å². The van der Waals surface area contributed by atoms with Crippen LogP contribution in [0.25, 0.3) is 0 Å². The second-order valence-corrected chi connectivity index (χ2v) is 4.14. The Labute approximate surface area is 115 Å². The molecule has 1 aromatic rings. The molecule has 1 rings (SSSR count). The molecule has 102 valence electrons. The maximum atomic E-state index is 11.8. The van der Waals surface area contributed by atoms with Gasteiger partial charge in [-0.1, -0.05) is 17.7 Å². The van der Waals surface area contributed by atoms with Gasteiger partial charge in [0.05, 0.1) is 6.54 Å². The molecule has 4 nitrogen and oxygen atoms in total. The van der Waals surface area contributed by atoms with Gasteiger partial charge in [0.15, 0.2) is 0 Å². The number of rotatable bonds is 5. The van der Waals surface area contributed by atoms with E-state index in [1.165, 1.54) is 0 Å². The number of carbonyl (C=O) groups is 2. The highest BCUT2D eigenvalue weighted by Crippen LogP contribution is 2.22. The molecule has 0 aliphatic carbocycles. The summed E-state index contributed by atoms with van der Waals surface area (Å²) in [7, 11) is 0. The molecule has 1 aromatic carbocycles. The molecule has 0 unspecified atom stereocenters. The summed E-state index contributed by atoms with van der Waals surface area (Å²) in [5, 5.41) is 5.51. The molecule has 0 fully saturated rings. The predicted molar refractivity (Wildman–Crippen MR) is 72.9 cm³/mol. The fraction of sp³-hybridized carbons (Fsp3) is 0.231. The van der Waals surface area contributed by atoms with Crippen LogP contribution in [0.2, 0.25) is 5.02 Å². The molecule has 0 aromatic heterocycles. The molecule has 0 spiro atoms. The van der Waals surface area contributed by atoms with Gasteiger partial charge >= 0.3 is 0 Å². The molecule has 0 bridgehead atoms. The Bertz CT molecular complexity index is 503. The number of alkyl halides is 1. The van der Waals surface area contributed by atoms with E-state index in [1.54, 1.807) is 25.1 Å². The number of benzene rings is 1. The Morgan fingerprint density at radius 3 is 2.84 bits per heavy atom. The molecular formula is C13H14ClFN2O2. The van der Waals surface area contributed by atoms with Crippen molar-refractivity contribution < 1.29 is 14.0 Å². The Morgan fingerprint density at radius 1 is 1.42 bits per heavy atom. The third-order valence-corrected chi connectivity index (χ3v) is 2.73. The summed E-state index contributed by atoms with van der Waals surface area (Å²) in [6, 6.07) is 5.15. The van der Waals surface area contributed by atoms with Gasteiger partial charge in [0.1, 0.15) is 6.67 Å². The van der Waals surface area contributed by atoms with Crippen molar-refractivity contribution in [3.05, 3.63) is 40.9 Å². The van der Waals surface area contributed by atoms with Crippen LogP contribution < -0.4 is 10.6 Å². The zero-order valence-electron chi connectivity index (χ0n) is 10.4. The van der Waals surface area contributed by atoms with Crippen LogP contribution in [0.4, 0.5) is 10.1 Å². The predicted octanol–water partition coefficient (Wildman–Crippen LogP) is 2.23. The maximum absolute atomic E-state index is 11.8. The van der Waals surface area contributed by atoms with Gasteiger partial charge in [-0.05, 0) is 30.7 Å². The normalized spacial score (nSPS) is 10.5. The SMILES string of the molecule is Cc1c(Cl)cccc1NC(=O)CNC(=O)/C=C/CF. The highest BCUT2D eigenvalue weighted by atomic mass is 35.5. The molecule has 2 N–H and O–H groups in total. The van der Waals surface area contributed by atoms with E-state index in [9.17, 15) is 14.0 Å². The minimum absolute atomic E-state index is 0.193. The second kappa shape index (κ2) is 7.53. The van der Waals surface area contributed by atoms with Crippen molar-refractivity contribution >= 4 is 29.1 Å². The van der Waals surface area contributed by atoms with Gasteiger partial charge in [0.2, 0.25) is 11.8 Å². The van der Waals surface area contributed by atoms with Crippen LogP contribution in [-0.2, 0) is 9.59 Å². The first-order valence-corrected chi connectivity index (χ1v) is 5.97. The van der Waals surface area contributed by atoms with Gasteiger partial charge < -0.3 is 10.6 Å². The average Bonchev–Trinajstić information content (AvgIpc) is 2.39. The van der Waals surface area contributed by atoms with E-state index in [0.717, 1.165) is 17.7 Å². The van der Waals surface area contributed by atoms with Gasteiger partial charge in [-0.15, -0.1) is 0 Å². The molecule has 0 aliphatic rings. The number of amides is 2. The van der Waals surface area contributed by atoms with Gasteiger partial charge in [-0.25, -0.2) is 4.39 Å². The number of hydrogen-bond acceptors (Lipinski definition) is 2. The standard InChI is InChI=1S/C13H14ClFN2O2/c1-9-10(14)4-2-5-11(9)17-13(19)8-16-12(18)6-3-7-15/h2-6H,7-8H2,1H3,(H,16,18)(H,17,19)/b6-3+. The van der Waals surface area contributed by atoms with E-state index in [4.69, 9.17) is 11.6 Å². The third-order valence-electron chi connectivity index (χ3n) is 2.32. The molecule has 6 heteroatoms. The zero-order chi connectivity index (χ0) is 14.3. The topological polar surface area (TPSA) is 58.2 Å². The molecule has 0 saturated heterocycles. The van der Waals surface area contributed by atoms with Crippen molar-refractivity contribution in [1.29, 1.82) is 0 Å². The molecular weight excluding hydrogens is 271 g/mol. The summed E-state index contributed by atoms with van der Waals surface area (Å²) in [4.78, 5) is 22.7. The summed E-state index contributed by atoms with van der Waals surface area (Å²) >= 11 is 5.92. The van der Waals surface area contributed by atoms with Crippen molar-refractivity contribution in [3.63, 3.8) is 0 Å². The second-order valence-electron chi connectivity index (χ2n) is 3.74. The van der Waals surface area contributed by atoms with Crippen molar-refractivity contribution in [3.8, 4) is 0 Å². The summed E-state index contributed by atoms with van der Waals surface area (Å²) in [5.41, 5.74) is 1.34. The minimum Gasteiger partial charge on any atom is -0.343 e. The lowest BCUT2D eigenvalue weighted by molar-refractivity contribution is -0.121. The number of nitrogens with one attached hydrogen (secondary N) is 2. The first-order chi connectivity index (χ1) is 9.04. The minimum atomic E-state index is -0.721. The summed E-state index contributed by atoms with van der Waals surface area (Å²) in [6.45, 7) is 0.864. The quantitative estimate of drug-likeness (QED) is 0.815. The van der Waals surface area contributed by atoms with Crippen molar-refractivity contribution in [2.75, 3.05) is 18.5 Å². The highest BCUT2D eigenvalue weighted by Gasteiger charge is 2.07. The third kappa shape index (κ3) is 5.09. The van der Waals surface area contributed by atoms with E-state index < -0.39 is 12.6 Å². The van der Waals surface area contributed by atoms with E-state index in [-0.39, 0.29) is 12.5 Å². The first-order valence-electron chi connectivity index (χ1n) is 5.60. The average molecular weight is 285 g/mol. The smallest absolute Gasteiger partial charge is 0.244 e. The number of carbonyl (C=O) groups excluding carboxylic acids is 2. The van der Waals surface area contributed by atoms with Crippen LogP contribution in [0.15, 0.2) is 30.4 Å². The van der Waals surface area contributed by atoms with Crippen LogP contribution in [0.5, 0.6) is 0 Å². The Kier molecular flexibility index (Phi) is 6.02. The Hall–Kier alpha value is -1.88. The van der Waals surface area contributed by atoms with Crippen LogP contribution in [0.1, 0.15) is 5.56 Å². The molecule has 0 radical (unpaired) electrons. The zero-order valence-corrected chi connectivity index (χ0v) is 11.1. The van der Waals surface area contributed by atoms with E-state index in [1.807, 2.05) is 0 Å². The van der Waals surface area contributed by atoms with Gasteiger partial charge in [-0.3, -0.25) is 9.59 Å². The van der Waals surface area contributed by atoms with Gasteiger partial charge in [0, 0.05) is 16.8 Å². The van der Waals surface area contributed by atoms with Crippen molar-refractivity contribution in [2.45, 2.75) is 6.92 Å². The molecule has 0 saturated carbocycles. The fourth-order valence-corrected chi connectivity index (χ4v) is 1.49. The van der Waals surface area contributed by atoms with Crippen LogP contribution >= 0.6 is 11.6 Å². The lowest BCUT2D eigenvalue weighted by atomic mass is 10.2.